The Morgan fingerprint density at radius 2 is 1.57 bits per heavy atom. The predicted molar refractivity (Wildman–Crippen MR) is 142 cm³/mol. The number of para-hydroxylation sites is 1. The number of aromatic nitrogens is 3. The summed E-state index contributed by atoms with van der Waals surface area (Å²) in [5, 5.41) is 16.6. The molecule has 0 aliphatic heterocycles. The summed E-state index contributed by atoms with van der Waals surface area (Å²) >= 11 is 1.22. The topological polar surface area (TPSA) is 88.9 Å². The maximum Gasteiger partial charge on any atom is 0.252 e. The standard InChI is InChI=1S/C28H22FN5O2S/c29-20-13-15-21(16-14-20)31-26(35)18-37-28-33-32-25(34(28)22-9-2-1-3-10-22)17-30-27(36)24-12-6-8-19-7-4-5-11-23(19)24/h1-16H,17-18H2,(H,30,36)(H,31,35). The van der Waals surface area contributed by atoms with Crippen LogP contribution in [0.25, 0.3) is 16.5 Å². The van der Waals surface area contributed by atoms with Gasteiger partial charge in [0.2, 0.25) is 5.91 Å². The average molecular weight is 512 g/mol. The fraction of sp³-hybridized carbons (Fsp3) is 0.0714. The Labute approximate surface area is 216 Å². The maximum absolute atomic E-state index is 13.1. The Morgan fingerprint density at radius 3 is 2.38 bits per heavy atom. The first kappa shape index (κ1) is 24.2. The molecule has 0 atom stereocenters. The second kappa shape index (κ2) is 11.0. The number of carbonyl (C=O) groups excluding carboxylic acids is 2. The van der Waals surface area contributed by atoms with Gasteiger partial charge >= 0.3 is 0 Å². The molecule has 0 saturated heterocycles. The molecule has 0 unspecified atom stereocenters. The van der Waals surface area contributed by atoms with E-state index in [4.69, 9.17) is 0 Å². The van der Waals surface area contributed by atoms with Gasteiger partial charge < -0.3 is 10.6 Å². The molecule has 0 bridgehead atoms. The largest absolute Gasteiger partial charge is 0.345 e. The van der Waals surface area contributed by atoms with E-state index >= 15 is 0 Å². The smallest absolute Gasteiger partial charge is 0.252 e. The second-order valence-corrected chi connectivity index (χ2v) is 9.07. The Hall–Kier alpha value is -4.50. The monoisotopic (exact) mass is 511 g/mol. The van der Waals surface area contributed by atoms with Crippen LogP contribution in [0.2, 0.25) is 0 Å². The van der Waals surface area contributed by atoms with Gasteiger partial charge in [0, 0.05) is 16.9 Å². The molecule has 0 fully saturated rings. The van der Waals surface area contributed by atoms with Crippen LogP contribution in [0.15, 0.2) is 102 Å². The van der Waals surface area contributed by atoms with E-state index in [2.05, 4.69) is 20.8 Å². The van der Waals surface area contributed by atoms with Crippen LogP contribution in [0.4, 0.5) is 10.1 Å². The summed E-state index contributed by atoms with van der Waals surface area (Å²) in [5.74, 6) is -0.244. The van der Waals surface area contributed by atoms with Crippen LogP contribution in [0, 0.1) is 5.82 Å². The van der Waals surface area contributed by atoms with Crippen molar-refractivity contribution in [2.24, 2.45) is 0 Å². The molecule has 184 valence electrons. The lowest BCUT2D eigenvalue weighted by Crippen LogP contribution is -2.25. The van der Waals surface area contributed by atoms with E-state index < -0.39 is 0 Å². The predicted octanol–water partition coefficient (Wildman–Crippen LogP) is 5.22. The Balaban J connectivity index is 1.32. The van der Waals surface area contributed by atoms with Gasteiger partial charge in [0.05, 0.1) is 12.3 Å². The van der Waals surface area contributed by atoms with Gasteiger partial charge in [-0.1, -0.05) is 66.4 Å². The molecule has 4 aromatic carbocycles. The van der Waals surface area contributed by atoms with Crippen molar-refractivity contribution in [3.63, 3.8) is 0 Å². The van der Waals surface area contributed by atoms with Crippen LogP contribution in [-0.4, -0.2) is 32.3 Å². The molecule has 7 nitrogen and oxygen atoms in total. The zero-order valence-electron chi connectivity index (χ0n) is 19.6. The van der Waals surface area contributed by atoms with Gasteiger partial charge in [-0.25, -0.2) is 4.39 Å². The summed E-state index contributed by atoms with van der Waals surface area (Å²) in [7, 11) is 0. The summed E-state index contributed by atoms with van der Waals surface area (Å²) in [5.41, 5.74) is 1.90. The summed E-state index contributed by atoms with van der Waals surface area (Å²) in [6.45, 7) is 0.145. The van der Waals surface area contributed by atoms with Gasteiger partial charge in [-0.2, -0.15) is 0 Å². The summed E-state index contributed by atoms with van der Waals surface area (Å²) < 4.78 is 14.9. The lowest BCUT2D eigenvalue weighted by atomic mass is 10.0. The molecule has 2 N–H and O–H groups in total. The number of hydrogen-bond acceptors (Lipinski definition) is 5. The quantitative estimate of drug-likeness (QED) is 0.279. The highest BCUT2D eigenvalue weighted by Gasteiger charge is 2.17. The Kier molecular flexibility index (Phi) is 7.23. The minimum atomic E-state index is -0.372. The van der Waals surface area contributed by atoms with E-state index in [1.165, 1.54) is 36.0 Å². The van der Waals surface area contributed by atoms with Gasteiger partial charge in [-0.05, 0) is 53.2 Å². The number of anilines is 1. The van der Waals surface area contributed by atoms with Crippen LogP contribution in [0.3, 0.4) is 0 Å². The van der Waals surface area contributed by atoms with Crippen molar-refractivity contribution in [3.8, 4) is 5.69 Å². The number of benzene rings is 4. The Bertz CT molecular complexity index is 1550. The minimum Gasteiger partial charge on any atom is -0.345 e. The van der Waals surface area contributed by atoms with Crippen LogP contribution in [0.1, 0.15) is 16.2 Å². The van der Waals surface area contributed by atoms with Crippen molar-refractivity contribution in [2.45, 2.75) is 11.7 Å². The molecular weight excluding hydrogens is 489 g/mol. The van der Waals surface area contributed by atoms with E-state index in [9.17, 15) is 14.0 Å². The fourth-order valence-electron chi connectivity index (χ4n) is 3.88. The van der Waals surface area contributed by atoms with Crippen molar-refractivity contribution in [2.75, 3.05) is 11.1 Å². The number of nitrogens with zero attached hydrogens (tertiary/aromatic N) is 3. The van der Waals surface area contributed by atoms with Crippen LogP contribution >= 0.6 is 11.8 Å². The maximum atomic E-state index is 13.1. The highest BCUT2D eigenvalue weighted by atomic mass is 32.2. The van der Waals surface area contributed by atoms with E-state index in [0.29, 0.717) is 22.2 Å². The number of amides is 2. The summed E-state index contributed by atoms with van der Waals surface area (Å²) in [4.78, 5) is 25.5. The highest BCUT2D eigenvalue weighted by molar-refractivity contribution is 7.99. The molecule has 2 amide bonds. The van der Waals surface area contributed by atoms with Gasteiger partial charge in [-0.15, -0.1) is 10.2 Å². The van der Waals surface area contributed by atoms with Crippen LogP contribution < -0.4 is 10.6 Å². The molecule has 1 heterocycles. The number of carbonyl (C=O) groups is 2. The lowest BCUT2D eigenvalue weighted by Gasteiger charge is -2.12. The van der Waals surface area contributed by atoms with Crippen molar-refractivity contribution < 1.29 is 14.0 Å². The number of thioether (sulfide) groups is 1. The van der Waals surface area contributed by atoms with E-state index in [-0.39, 0.29) is 29.9 Å². The average Bonchev–Trinajstić information content (AvgIpc) is 3.35. The number of rotatable bonds is 8. The molecule has 0 aliphatic rings. The summed E-state index contributed by atoms with van der Waals surface area (Å²) in [6.07, 6.45) is 0. The molecule has 5 aromatic rings. The zero-order valence-corrected chi connectivity index (χ0v) is 20.4. The molecular formula is C28H22FN5O2S. The molecule has 0 radical (unpaired) electrons. The highest BCUT2D eigenvalue weighted by Crippen LogP contribution is 2.23. The number of fused-ring (bicyclic) bond motifs is 1. The molecule has 0 saturated carbocycles. The number of hydrogen-bond donors (Lipinski definition) is 2. The molecule has 1 aromatic heterocycles. The number of halogens is 1. The lowest BCUT2D eigenvalue weighted by molar-refractivity contribution is -0.113. The van der Waals surface area contributed by atoms with Crippen molar-refractivity contribution in [1.82, 2.24) is 20.1 Å². The first-order valence-corrected chi connectivity index (χ1v) is 12.5. The molecule has 0 aliphatic carbocycles. The SMILES string of the molecule is O=C(CSc1nnc(CNC(=O)c2cccc3ccccc23)n1-c1ccccc1)Nc1ccc(F)cc1. The van der Waals surface area contributed by atoms with Crippen molar-refractivity contribution >= 4 is 40.0 Å². The van der Waals surface area contributed by atoms with Gasteiger partial charge in [0.25, 0.3) is 5.91 Å². The van der Waals surface area contributed by atoms with Gasteiger partial charge in [0.1, 0.15) is 5.82 Å². The van der Waals surface area contributed by atoms with Gasteiger partial charge in [-0.3, -0.25) is 14.2 Å². The third-order valence-electron chi connectivity index (χ3n) is 5.62. The fourth-order valence-corrected chi connectivity index (χ4v) is 4.65. The van der Waals surface area contributed by atoms with Crippen LogP contribution in [-0.2, 0) is 11.3 Å². The third-order valence-corrected chi connectivity index (χ3v) is 6.55. The molecule has 5 rings (SSSR count). The second-order valence-electron chi connectivity index (χ2n) is 8.12. The van der Waals surface area contributed by atoms with E-state index in [0.717, 1.165) is 16.5 Å². The Morgan fingerprint density at radius 1 is 0.838 bits per heavy atom. The minimum absolute atomic E-state index is 0.0741. The first-order chi connectivity index (χ1) is 18.1. The molecule has 0 spiro atoms. The van der Waals surface area contributed by atoms with E-state index in [1.807, 2.05) is 71.3 Å². The van der Waals surface area contributed by atoms with E-state index in [1.54, 1.807) is 6.07 Å². The van der Waals surface area contributed by atoms with Crippen molar-refractivity contribution in [3.05, 3.63) is 114 Å². The molecule has 9 heteroatoms. The molecule has 37 heavy (non-hydrogen) atoms. The third kappa shape index (κ3) is 5.68. The van der Waals surface area contributed by atoms with Gasteiger partial charge in [0.15, 0.2) is 11.0 Å². The van der Waals surface area contributed by atoms with Crippen LogP contribution in [0.5, 0.6) is 0 Å². The number of nitrogens with one attached hydrogen (secondary N) is 2. The first-order valence-electron chi connectivity index (χ1n) is 11.5. The normalized spacial score (nSPS) is 10.8. The summed E-state index contributed by atoms with van der Waals surface area (Å²) in [6, 6.07) is 28.4. The zero-order chi connectivity index (χ0) is 25.6. The van der Waals surface area contributed by atoms with Crippen molar-refractivity contribution in [1.29, 1.82) is 0 Å².